The van der Waals surface area contributed by atoms with E-state index in [4.69, 9.17) is 0 Å². The minimum Gasteiger partial charge on any atom is -0.300 e. The van der Waals surface area contributed by atoms with Gasteiger partial charge in [0.25, 0.3) is 0 Å². The molecule has 0 bridgehead atoms. The molecule has 0 radical (unpaired) electrons. The molecule has 154 valence electrons. The lowest BCUT2D eigenvalue weighted by molar-refractivity contribution is -0.119. The third-order valence-corrected chi connectivity index (χ3v) is 6.16. The molecule has 1 fully saturated rings. The summed E-state index contributed by atoms with van der Waals surface area (Å²) in [6, 6.07) is 0. The number of rotatable bonds is 0. The molecule has 0 aromatic heterocycles. The molecule has 0 unspecified atom stereocenters. The van der Waals surface area contributed by atoms with E-state index in [9.17, 15) is 4.79 Å². The number of carbonyl (C=O) groups is 1. The molecule has 0 aliphatic heterocycles. The highest BCUT2D eigenvalue weighted by molar-refractivity contribution is 5.78. The molecule has 0 atom stereocenters. The maximum atomic E-state index is 11.9. The van der Waals surface area contributed by atoms with Gasteiger partial charge in [-0.05, 0) is 12.8 Å². The third kappa shape index (κ3) is 17.1. The van der Waals surface area contributed by atoms with Crippen molar-refractivity contribution in [3.05, 3.63) is 0 Å². The lowest BCUT2D eigenvalue weighted by Crippen LogP contribution is -1.97. The first-order valence-electron chi connectivity index (χ1n) is 12.4. The van der Waals surface area contributed by atoms with Gasteiger partial charge in [-0.2, -0.15) is 0 Å². The molecule has 0 aromatic rings. The van der Waals surface area contributed by atoms with Crippen molar-refractivity contribution in [3.63, 3.8) is 0 Å². The molecule has 1 heteroatoms. The van der Waals surface area contributed by atoms with Gasteiger partial charge in [-0.25, -0.2) is 0 Å². The predicted molar refractivity (Wildman–Crippen MR) is 116 cm³/mol. The van der Waals surface area contributed by atoms with Crippen LogP contribution in [-0.4, -0.2) is 5.78 Å². The Bertz CT molecular complexity index is 269. The molecule has 0 N–H and O–H groups in total. The lowest BCUT2D eigenvalue weighted by Gasteiger charge is -2.04. The van der Waals surface area contributed by atoms with E-state index in [1.54, 1.807) is 0 Å². The van der Waals surface area contributed by atoms with Gasteiger partial charge in [0.2, 0.25) is 0 Å². The minimum absolute atomic E-state index is 0.524. The van der Waals surface area contributed by atoms with Gasteiger partial charge < -0.3 is 0 Å². The van der Waals surface area contributed by atoms with Crippen LogP contribution in [0.25, 0.3) is 0 Å². The monoisotopic (exact) mass is 364 g/mol. The van der Waals surface area contributed by atoms with E-state index in [1.165, 1.54) is 128 Å². The fourth-order valence-corrected chi connectivity index (χ4v) is 4.30. The zero-order valence-corrected chi connectivity index (χ0v) is 17.9. The second-order valence-electron chi connectivity index (χ2n) is 8.82. The maximum Gasteiger partial charge on any atom is 0.132 e. The molecule has 0 amide bonds. The molecule has 26 heavy (non-hydrogen) atoms. The number of hydrogen-bond donors (Lipinski definition) is 0. The first-order valence-corrected chi connectivity index (χ1v) is 12.4. The van der Waals surface area contributed by atoms with E-state index < -0.39 is 0 Å². The minimum atomic E-state index is 0.524. The molecule has 1 rings (SSSR count). The van der Waals surface area contributed by atoms with Crippen LogP contribution in [-0.2, 0) is 4.79 Å². The highest BCUT2D eigenvalue weighted by Crippen LogP contribution is 2.16. The Labute approximate surface area is 165 Å². The SMILES string of the molecule is O=C1CCCCCCCCCCCCCCCCCCCCCCCC1. The van der Waals surface area contributed by atoms with Crippen LogP contribution in [0.4, 0.5) is 0 Å². The standard InChI is InChI=1S/C25H48O/c26-25-23-21-19-17-15-13-11-9-7-5-3-1-2-4-6-8-10-12-14-16-18-20-22-24-25/h1-24H2. The van der Waals surface area contributed by atoms with E-state index in [-0.39, 0.29) is 0 Å². The van der Waals surface area contributed by atoms with E-state index >= 15 is 0 Å². The Hall–Kier alpha value is -0.330. The van der Waals surface area contributed by atoms with Gasteiger partial charge in [0, 0.05) is 12.8 Å². The molecule has 0 spiro atoms. The van der Waals surface area contributed by atoms with Crippen molar-refractivity contribution in [1.29, 1.82) is 0 Å². The molecular weight excluding hydrogens is 316 g/mol. The number of carbonyl (C=O) groups excluding carboxylic acids is 1. The summed E-state index contributed by atoms with van der Waals surface area (Å²) in [4.78, 5) is 11.9. The molecule has 1 aliphatic carbocycles. The van der Waals surface area contributed by atoms with E-state index in [1.807, 2.05) is 0 Å². The van der Waals surface area contributed by atoms with Crippen molar-refractivity contribution in [3.8, 4) is 0 Å². The number of ketones is 1. The van der Waals surface area contributed by atoms with E-state index in [0.29, 0.717) is 5.78 Å². The lowest BCUT2D eigenvalue weighted by atomic mass is 10.0. The summed E-state index contributed by atoms with van der Waals surface area (Å²) < 4.78 is 0. The molecule has 1 aliphatic rings. The molecule has 0 saturated heterocycles. The average molecular weight is 365 g/mol. The summed E-state index contributed by atoms with van der Waals surface area (Å²) in [5.41, 5.74) is 0. The van der Waals surface area contributed by atoms with Gasteiger partial charge >= 0.3 is 0 Å². The predicted octanol–water partition coefficient (Wildman–Crippen LogP) is 8.93. The van der Waals surface area contributed by atoms with Crippen molar-refractivity contribution in [2.75, 3.05) is 0 Å². The number of Topliss-reactive ketones (excluding diaryl/α,β-unsaturated/α-hetero) is 1. The summed E-state index contributed by atoms with van der Waals surface area (Å²) in [5.74, 6) is 0.524. The third-order valence-electron chi connectivity index (χ3n) is 6.16. The molecule has 0 aromatic carbocycles. The smallest absolute Gasteiger partial charge is 0.132 e. The highest BCUT2D eigenvalue weighted by atomic mass is 16.1. The van der Waals surface area contributed by atoms with Crippen molar-refractivity contribution < 1.29 is 4.79 Å². The van der Waals surface area contributed by atoms with Gasteiger partial charge in [0.15, 0.2) is 0 Å². The van der Waals surface area contributed by atoms with Crippen LogP contribution in [0.5, 0.6) is 0 Å². The molecule has 1 saturated carbocycles. The highest BCUT2D eigenvalue weighted by Gasteiger charge is 2.02. The Morgan fingerprint density at radius 1 is 0.269 bits per heavy atom. The van der Waals surface area contributed by atoms with Gasteiger partial charge in [0.05, 0.1) is 0 Å². The Morgan fingerprint density at radius 2 is 0.423 bits per heavy atom. The summed E-state index contributed by atoms with van der Waals surface area (Å²) >= 11 is 0. The normalized spacial score (nSPS) is 23.6. The van der Waals surface area contributed by atoms with Crippen molar-refractivity contribution in [2.45, 2.75) is 154 Å². The quantitative estimate of drug-likeness (QED) is 0.419. The van der Waals surface area contributed by atoms with Crippen molar-refractivity contribution in [2.24, 2.45) is 0 Å². The molecule has 0 heterocycles. The second kappa shape index (κ2) is 19.4. The summed E-state index contributed by atoms with van der Waals surface area (Å²) in [5, 5.41) is 0. The fraction of sp³-hybridized carbons (Fsp3) is 0.960. The first kappa shape index (κ1) is 23.7. The summed E-state index contributed by atoms with van der Waals surface area (Å²) in [6.07, 6.45) is 32.2. The topological polar surface area (TPSA) is 17.1 Å². The van der Waals surface area contributed by atoms with Crippen molar-refractivity contribution >= 4 is 5.78 Å². The Morgan fingerprint density at radius 3 is 0.615 bits per heavy atom. The van der Waals surface area contributed by atoms with Crippen LogP contribution < -0.4 is 0 Å². The second-order valence-corrected chi connectivity index (χ2v) is 8.82. The average Bonchev–Trinajstić information content (AvgIpc) is 2.64. The van der Waals surface area contributed by atoms with E-state index in [0.717, 1.165) is 25.7 Å². The van der Waals surface area contributed by atoms with Gasteiger partial charge in [0.1, 0.15) is 5.78 Å². The van der Waals surface area contributed by atoms with Crippen molar-refractivity contribution in [1.82, 2.24) is 0 Å². The number of hydrogen-bond acceptors (Lipinski definition) is 1. The molecular formula is C25H48O. The van der Waals surface area contributed by atoms with Crippen LogP contribution >= 0.6 is 0 Å². The Balaban J connectivity index is 2.08. The summed E-state index contributed by atoms with van der Waals surface area (Å²) in [7, 11) is 0. The zero-order chi connectivity index (χ0) is 18.5. The zero-order valence-electron chi connectivity index (χ0n) is 17.9. The summed E-state index contributed by atoms with van der Waals surface area (Å²) in [6.45, 7) is 0. The van der Waals surface area contributed by atoms with Crippen LogP contribution in [0.2, 0.25) is 0 Å². The molecule has 1 nitrogen and oxygen atoms in total. The fourth-order valence-electron chi connectivity index (χ4n) is 4.30. The van der Waals surface area contributed by atoms with Crippen LogP contribution in [0, 0.1) is 0 Å². The van der Waals surface area contributed by atoms with Crippen LogP contribution in [0.15, 0.2) is 0 Å². The van der Waals surface area contributed by atoms with Crippen LogP contribution in [0.1, 0.15) is 154 Å². The first-order chi connectivity index (χ1) is 12.9. The maximum absolute atomic E-state index is 11.9. The van der Waals surface area contributed by atoms with Crippen LogP contribution in [0.3, 0.4) is 0 Å². The Kier molecular flexibility index (Phi) is 17.7. The van der Waals surface area contributed by atoms with Gasteiger partial charge in [-0.15, -0.1) is 0 Å². The largest absolute Gasteiger partial charge is 0.300 e. The van der Waals surface area contributed by atoms with E-state index in [2.05, 4.69) is 0 Å². The van der Waals surface area contributed by atoms with Gasteiger partial charge in [-0.1, -0.05) is 128 Å². The van der Waals surface area contributed by atoms with Gasteiger partial charge in [-0.3, -0.25) is 4.79 Å².